The highest BCUT2D eigenvalue weighted by Crippen LogP contribution is 2.46. The van der Waals surface area contributed by atoms with E-state index in [-0.39, 0.29) is 47.7 Å². The summed E-state index contributed by atoms with van der Waals surface area (Å²) < 4.78 is 17.6. The van der Waals surface area contributed by atoms with Crippen molar-refractivity contribution in [2.75, 3.05) is 39.8 Å². The van der Waals surface area contributed by atoms with Gasteiger partial charge in [-0.15, -0.1) is 0 Å². The molecule has 0 spiro atoms. The van der Waals surface area contributed by atoms with Gasteiger partial charge in [-0.25, -0.2) is 4.79 Å². The van der Waals surface area contributed by atoms with Crippen LogP contribution in [-0.2, 0) is 23.8 Å². The molecule has 5 rings (SSSR count). The minimum Gasteiger partial charge on any atom is -0.458 e. The third kappa shape index (κ3) is 4.52. The number of piperazine rings is 1. The van der Waals surface area contributed by atoms with Gasteiger partial charge in [0.1, 0.15) is 12.2 Å². The summed E-state index contributed by atoms with van der Waals surface area (Å²) in [6.07, 6.45) is 7.82. The van der Waals surface area contributed by atoms with E-state index in [4.69, 9.17) is 14.2 Å². The Labute approximate surface area is 190 Å². The van der Waals surface area contributed by atoms with Crippen LogP contribution in [0.2, 0.25) is 0 Å². The summed E-state index contributed by atoms with van der Waals surface area (Å²) in [6, 6.07) is 0. The van der Waals surface area contributed by atoms with Crippen LogP contribution in [0.15, 0.2) is 23.3 Å². The van der Waals surface area contributed by atoms with Crippen LogP contribution in [0.25, 0.3) is 0 Å². The van der Waals surface area contributed by atoms with Crippen molar-refractivity contribution in [2.24, 2.45) is 11.8 Å². The van der Waals surface area contributed by atoms with Crippen LogP contribution in [0, 0.1) is 11.8 Å². The van der Waals surface area contributed by atoms with E-state index in [1.54, 1.807) is 0 Å². The van der Waals surface area contributed by atoms with E-state index in [0.717, 1.165) is 63.1 Å². The third-order valence-electron chi connectivity index (χ3n) is 8.11. The van der Waals surface area contributed by atoms with Gasteiger partial charge in [-0.05, 0) is 58.7 Å². The summed E-state index contributed by atoms with van der Waals surface area (Å²) >= 11 is 0. The summed E-state index contributed by atoms with van der Waals surface area (Å²) in [6.45, 7) is 9.06. The molecular weight excluding hydrogens is 408 g/mol. The lowest BCUT2D eigenvalue weighted by molar-refractivity contribution is -0.143. The predicted molar refractivity (Wildman–Crippen MR) is 119 cm³/mol. The van der Waals surface area contributed by atoms with Gasteiger partial charge in [-0.2, -0.15) is 0 Å². The van der Waals surface area contributed by atoms with Crippen molar-refractivity contribution in [1.29, 1.82) is 0 Å². The van der Waals surface area contributed by atoms with Gasteiger partial charge in [0.2, 0.25) is 0 Å². The zero-order valence-electron chi connectivity index (χ0n) is 19.5. The smallest absolute Gasteiger partial charge is 0.334 e. The number of esters is 2. The summed E-state index contributed by atoms with van der Waals surface area (Å²) in [5, 5.41) is 0. The van der Waals surface area contributed by atoms with Crippen LogP contribution in [0.3, 0.4) is 0 Å². The second-order valence-corrected chi connectivity index (χ2v) is 10.6. The zero-order chi connectivity index (χ0) is 22.5. The van der Waals surface area contributed by atoms with E-state index in [1.807, 2.05) is 13.0 Å². The number of rotatable bonds is 2. The Balaban J connectivity index is 1.35. The summed E-state index contributed by atoms with van der Waals surface area (Å²) in [5.74, 6) is -0.214. The molecule has 0 aromatic heterocycles. The summed E-state index contributed by atoms with van der Waals surface area (Å²) in [5.41, 5.74) is 1.71. The normalized spacial score (nSPS) is 42.7. The molecule has 0 amide bonds. The minimum atomic E-state index is -0.222. The average Bonchev–Trinajstić information content (AvgIpc) is 3.12. The Morgan fingerprint density at radius 1 is 1.09 bits per heavy atom. The molecule has 7 heteroatoms. The molecule has 3 saturated heterocycles. The first-order chi connectivity index (χ1) is 15.3. The van der Waals surface area contributed by atoms with E-state index in [9.17, 15) is 9.59 Å². The molecule has 176 valence electrons. The van der Waals surface area contributed by atoms with E-state index in [0.29, 0.717) is 12.8 Å². The standard InChI is InChI=1S/C25H36N2O5/c1-16-12-18-14-17(23(28)30-18)4-5-22-25(2,32-22)7-6-19-20(24(29)31-21(19)13-16)15-27-10-8-26(3)9-11-27/h13-14,18-22H,4-12,15H2,1-3H3/b16-13+/t18-,19-,20+,21+,22-,25-/m0/s1. The molecule has 0 N–H and O–H groups in total. The monoisotopic (exact) mass is 444 g/mol. The van der Waals surface area contributed by atoms with Crippen molar-refractivity contribution in [1.82, 2.24) is 9.80 Å². The Morgan fingerprint density at radius 2 is 1.88 bits per heavy atom. The first kappa shape index (κ1) is 22.1. The Kier molecular flexibility index (Phi) is 5.93. The van der Waals surface area contributed by atoms with Gasteiger partial charge in [0.25, 0.3) is 0 Å². The number of hydrogen-bond donors (Lipinski definition) is 0. The molecule has 32 heavy (non-hydrogen) atoms. The maximum Gasteiger partial charge on any atom is 0.334 e. The quantitative estimate of drug-likeness (QED) is 0.368. The number of likely N-dealkylation sites (N-methyl/N-ethyl adjacent to an activating group) is 1. The van der Waals surface area contributed by atoms with Crippen LogP contribution in [0.4, 0.5) is 0 Å². The largest absolute Gasteiger partial charge is 0.458 e. The molecule has 1 aliphatic carbocycles. The fourth-order valence-corrected chi connectivity index (χ4v) is 5.86. The number of nitrogens with zero attached hydrogens (tertiary/aromatic N) is 2. The van der Waals surface area contributed by atoms with Crippen molar-refractivity contribution in [3.63, 3.8) is 0 Å². The van der Waals surface area contributed by atoms with Gasteiger partial charge in [-0.1, -0.05) is 5.57 Å². The Hall–Kier alpha value is -1.70. The van der Waals surface area contributed by atoms with Crippen LogP contribution in [0.5, 0.6) is 0 Å². The molecular formula is C25H36N2O5. The van der Waals surface area contributed by atoms with E-state index >= 15 is 0 Å². The number of carbonyl (C=O) groups is 2. The first-order valence-corrected chi connectivity index (χ1v) is 12.2. The van der Waals surface area contributed by atoms with Crippen molar-refractivity contribution in [3.8, 4) is 0 Å². The van der Waals surface area contributed by atoms with Gasteiger partial charge < -0.3 is 19.1 Å². The maximum absolute atomic E-state index is 13.0. The lowest BCUT2D eigenvalue weighted by atomic mass is 9.82. The molecule has 0 unspecified atom stereocenters. The average molecular weight is 445 g/mol. The first-order valence-electron chi connectivity index (χ1n) is 12.2. The SMILES string of the molecule is C/C1=C\[C@H]2OC(=O)[C@H](CN3CCN(C)CC3)[C@@H]2CC[C@]2(C)O[C@H]2CCC2=C[C@H](C1)OC2=O. The number of epoxide rings is 1. The molecule has 4 aliphatic heterocycles. The van der Waals surface area contributed by atoms with Crippen molar-refractivity contribution < 1.29 is 23.8 Å². The van der Waals surface area contributed by atoms with Crippen molar-refractivity contribution >= 4 is 11.9 Å². The minimum absolute atomic E-state index is 0.0693. The predicted octanol–water partition coefficient (Wildman–Crippen LogP) is 2.31. The molecule has 2 bridgehead atoms. The van der Waals surface area contributed by atoms with Crippen LogP contribution < -0.4 is 0 Å². The van der Waals surface area contributed by atoms with Crippen LogP contribution in [-0.4, -0.2) is 85.4 Å². The van der Waals surface area contributed by atoms with E-state index in [2.05, 4.69) is 29.8 Å². The molecule has 3 fully saturated rings. The molecule has 0 aromatic rings. The lowest BCUT2D eigenvalue weighted by Crippen LogP contribution is -2.47. The number of ether oxygens (including phenoxy) is 3. The third-order valence-corrected chi connectivity index (χ3v) is 8.11. The summed E-state index contributed by atoms with van der Waals surface area (Å²) in [7, 11) is 2.15. The molecule has 0 aromatic carbocycles. The highest BCUT2D eigenvalue weighted by Gasteiger charge is 2.53. The van der Waals surface area contributed by atoms with Crippen LogP contribution >= 0.6 is 0 Å². The van der Waals surface area contributed by atoms with Gasteiger partial charge >= 0.3 is 11.9 Å². The molecule has 4 heterocycles. The second-order valence-electron chi connectivity index (χ2n) is 10.6. The topological polar surface area (TPSA) is 71.6 Å². The molecule has 5 aliphatic rings. The Morgan fingerprint density at radius 3 is 2.66 bits per heavy atom. The Bertz CT molecular complexity index is 830. The number of carbonyl (C=O) groups excluding carboxylic acids is 2. The highest BCUT2D eigenvalue weighted by atomic mass is 16.6. The van der Waals surface area contributed by atoms with Crippen LogP contribution in [0.1, 0.15) is 46.0 Å². The number of fused-ring (bicyclic) bond motifs is 3. The fourth-order valence-electron chi connectivity index (χ4n) is 5.86. The number of hydrogen-bond acceptors (Lipinski definition) is 7. The van der Waals surface area contributed by atoms with Gasteiger partial charge in [0.15, 0.2) is 0 Å². The molecule has 7 nitrogen and oxygen atoms in total. The lowest BCUT2D eigenvalue weighted by Gasteiger charge is -2.34. The van der Waals surface area contributed by atoms with Gasteiger partial charge in [0.05, 0.1) is 17.6 Å². The highest BCUT2D eigenvalue weighted by molar-refractivity contribution is 5.90. The van der Waals surface area contributed by atoms with Crippen molar-refractivity contribution in [2.45, 2.75) is 69.9 Å². The molecule has 0 saturated carbocycles. The zero-order valence-corrected chi connectivity index (χ0v) is 19.5. The fraction of sp³-hybridized carbons (Fsp3) is 0.760. The summed E-state index contributed by atoms with van der Waals surface area (Å²) in [4.78, 5) is 30.0. The second kappa shape index (κ2) is 8.58. The van der Waals surface area contributed by atoms with E-state index in [1.165, 1.54) is 0 Å². The molecule has 6 atom stereocenters. The van der Waals surface area contributed by atoms with Gasteiger partial charge in [-0.3, -0.25) is 9.69 Å². The van der Waals surface area contributed by atoms with E-state index < -0.39 is 0 Å². The van der Waals surface area contributed by atoms with Gasteiger partial charge in [0, 0.05) is 50.6 Å². The van der Waals surface area contributed by atoms with Crippen molar-refractivity contribution in [3.05, 3.63) is 23.3 Å². The molecule has 0 radical (unpaired) electrons. The maximum atomic E-state index is 13.0.